The molecule has 0 atom stereocenters. The van der Waals surface area contributed by atoms with Gasteiger partial charge in [-0.2, -0.15) is 0 Å². The lowest BCUT2D eigenvalue weighted by molar-refractivity contribution is 0.239. The number of aryl methyl sites for hydroxylation is 3. The summed E-state index contributed by atoms with van der Waals surface area (Å²) in [6.45, 7) is 8.90. The van der Waals surface area contributed by atoms with Gasteiger partial charge in [0.1, 0.15) is 0 Å². The van der Waals surface area contributed by atoms with E-state index in [1.807, 2.05) is 11.8 Å². The monoisotopic (exact) mass is 330 g/mol. The molecule has 1 aromatic carbocycles. The molecule has 0 radical (unpaired) electrons. The van der Waals surface area contributed by atoms with Crippen LogP contribution in [-0.2, 0) is 5.75 Å². The summed E-state index contributed by atoms with van der Waals surface area (Å²) in [5, 5.41) is 1.31. The van der Waals surface area contributed by atoms with Crippen molar-refractivity contribution in [3.05, 3.63) is 34.4 Å². The number of hydrogen-bond donors (Lipinski definition) is 0. The van der Waals surface area contributed by atoms with Gasteiger partial charge in [-0.25, -0.2) is 0 Å². The zero-order valence-electron chi connectivity index (χ0n) is 14.9. The molecule has 1 saturated carbocycles. The normalized spacial score (nSPS) is 19.8. The second-order valence-electron chi connectivity index (χ2n) is 7.17. The van der Waals surface area contributed by atoms with Crippen LogP contribution in [0.1, 0.15) is 60.8 Å². The van der Waals surface area contributed by atoms with Gasteiger partial charge in [0.15, 0.2) is 5.17 Å². The molecule has 1 aliphatic carbocycles. The third-order valence-corrected chi connectivity index (χ3v) is 6.31. The first kappa shape index (κ1) is 16.9. The van der Waals surface area contributed by atoms with Crippen molar-refractivity contribution in [1.29, 1.82) is 0 Å². The largest absolute Gasteiger partial charge is 0.348 e. The molecule has 2 aliphatic rings. The topological polar surface area (TPSA) is 15.6 Å². The Morgan fingerprint density at radius 2 is 1.74 bits per heavy atom. The van der Waals surface area contributed by atoms with Gasteiger partial charge in [-0.05, 0) is 56.7 Å². The highest BCUT2D eigenvalue weighted by atomic mass is 32.2. The van der Waals surface area contributed by atoms with Crippen molar-refractivity contribution in [2.75, 3.05) is 13.1 Å². The van der Waals surface area contributed by atoms with Gasteiger partial charge >= 0.3 is 0 Å². The van der Waals surface area contributed by atoms with Crippen LogP contribution in [0.2, 0.25) is 0 Å². The molecule has 0 spiro atoms. The Balaban J connectivity index is 1.69. The van der Waals surface area contributed by atoms with Gasteiger partial charge < -0.3 is 4.90 Å². The predicted molar refractivity (Wildman–Crippen MR) is 102 cm³/mol. The minimum Gasteiger partial charge on any atom is -0.348 e. The van der Waals surface area contributed by atoms with Crippen LogP contribution in [0.3, 0.4) is 0 Å². The summed E-state index contributed by atoms with van der Waals surface area (Å²) >= 11 is 1.96. The molecule has 0 amide bonds. The first-order valence-electron chi connectivity index (χ1n) is 9.16. The number of benzene rings is 1. The van der Waals surface area contributed by atoms with Crippen LogP contribution in [0.4, 0.5) is 0 Å². The van der Waals surface area contributed by atoms with Crippen LogP contribution in [0.5, 0.6) is 0 Å². The lowest BCUT2D eigenvalue weighted by Gasteiger charge is -2.38. The van der Waals surface area contributed by atoms with Gasteiger partial charge in [-0.3, -0.25) is 4.99 Å². The summed E-state index contributed by atoms with van der Waals surface area (Å²) < 4.78 is 0. The third kappa shape index (κ3) is 4.12. The number of thioether (sulfide) groups is 1. The van der Waals surface area contributed by atoms with E-state index in [1.165, 1.54) is 72.5 Å². The van der Waals surface area contributed by atoms with Gasteiger partial charge in [-0.1, -0.05) is 48.7 Å². The lowest BCUT2D eigenvalue weighted by atomic mass is 9.94. The van der Waals surface area contributed by atoms with Crippen LogP contribution >= 0.6 is 11.8 Å². The van der Waals surface area contributed by atoms with Crippen LogP contribution in [-0.4, -0.2) is 29.2 Å². The first-order valence-corrected chi connectivity index (χ1v) is 10.1. The molecule has 0 N–H and O–H groups in total. The minimum absolute atomic E-state index is 0.746. The van der Waals surface area contributed by atoms with E-state index >= 15 is 0 Å². The molecule has 3 rings (SSSR count). The SMILES string of the molecule is Cc1cc(C)c(CSC2=NCCCN2C2CCCCC2)c(C)c1. The number of hydrogen-bond acceptors (Lipinski definition) is 3. The van der Waals surface area contributed by atoms with Crippen molar-refractivity contribution in [2.24, 2.45) is 4.99 Å². The zero-order valence-corrected chi connectivity index (χ0v) is 15.7. The van der Waals surface area contributed by atoms with E-state index in [0.717, 1.165) is 18.3 Å². The van der Waals surface area contributed by atoms with Gasteiger partial charge in [0.2, 0.25) is 0 Å². The molecule has 0 bridgehead atoms. The highest BCUT2D eigenvalue weighted by molar-refractivity contribution is 8.13. The highest BCUT2D eigenvalue weighted by Crippen LogP contribution is 2.29. The number of nitrogens with zero attached hydrogens (tertiary/aromatic N) is 2. The number of amidine groups is 1. The van der Waals surface area contributed by atoms with Gasteiger partial charge in [0, 0.05) is 24.9 Å². The minimum atomic E-state index is 0.746. The van der Waals surface area contributed by atoms with E-state index in [4.69, 9.17) is 4.99 Å². The molecule has 3 heteroatoms. The fourth-order valence-electron chi connectivity index (χ4n) is 4.04. The van der Waals surface area contributed by atoms with E-state index in [0.29, 0.717) is 0 Å². The Labute approximate surface area is 145 Å². The molecule has 126 valence electrons. The average molecular weight is 331 g/mol. The van der Waals surface area contributed by atoms with E-state index < -0.39 is 0 Å². The fourth-order valence-corrected chi connectivity index (χ4v) is 5.35. The molecule has 0 saturated heterocycles. The third-order valence-electron chi connectivity index (χ3n) is 5.25. The quantitative estimate of drug-likeness (QED) is 0.753. The van der Waals surface area contributed by atoms with Crippen LogP contribution in [0.25, 0.3) is 0 Å². The Morgan fingerprint density at radius 1 is 1.04 bits per heavy atom. The zero-order chi connectivity index (χ0) is 16.2. The Kier molecular flexibility index (Phi) is 5.68. The molecule has 0 unspecified atom stereocenters. The summed E-state index contributed by atoms with van der Waals surface area (Å²) in [6.07, 6.45) is 8.17. The summed E-state index contributed by atoms with van der Waals surface area (Å²) in [6, 6.07) is 5.37. The van der Waals surface area contributed by atoms with Crippen LogP contribution in [0.15, 0.2) is 17.1 Å². The van der Waals surface area contributed by atoms with Gasteiger partial charge in [0.05, 0.1) is 0 Å². The van der Waals surface area contributed by atoms with E-state index in [2.05, 4.69) is 37.8 Å². The molecule has 1 aromatic rings. The average Bonchev–Trinajstić information content (AvgIpc) is 2.55. The molecule has 23 heavy (non-hydrogen) atoms. The maximum atomic E-state index is 4.88. The van der Waals surface area contributed by atoms with Crippen molar-refractivity contribution in [2.45, 2.75) is 71.1 Å². The molecular weight excluding hydrogens is 300 g/mol. The summed E-state index contributed by atoms with van der Waals surface area (Å²) in [7, 11) is 0. The number of aliphatic imine (C=N–C) groups is 1. The number of rotatable bonds is 3. The van der Waals surface area contributed by atoms with Crippen LogP contribution in [0, 0.1) is 20.8 Å². The molecule has 0 aromatic heterocycles. The van der Waals surface area contributed by atoms with Crippen molar-refractivity contribution < 1.29 is 0 Å². The van der Waals surface area contributed by atoms with Gasteiger partial charge in [-0.15, -0.1) is 0 Å². The Hall–Kier alpha value is -0.960. The molecule has 1 heterocycles. The van der Waals surface area contributed by atoms with Crippen LogP contribution < -0.4 is 0 Å². The van der Waals surface area contributed by atoms with E-state index in [9.17, 15) is 0 Å². The summed E-state index contributed by atoms with van der Waals surface area (Å²) in [5.74, 6) is 1.06. The highest BCUT2D eigenvalue weighted by Gasteiger charge is 2.26. The first-order chi connectivity index (χ1) is 11.1. The van der Waals surface area contributed by atoms with Crippen molar-refractivity contribution in [3.8, 4) is 0 Å². The Bertz CT molecular complexity index is 550. The van der Waals surface area contributed by atoms with Crippen molar-refractivity contribution >= 4 is 16.9 Å². The van der Waals surface area contributed by atoms with E-state index in [-0.39, 0.29) is 0 Å². The molecule has 2 nitrogen and oxygen atoms in total. The summed E-state index contributed by atoms with van der Waals surface area (Å²) in [4.78, 5) is 7.51. The predicted octanol–water partition coefficient (Wildman–Crippen LogP) is 5.24. The maximum Gasteiger partial charge on any atom is 0.159 e. The molecule has 1 fully saturated rings. The second-order valence-corrected chi connectivity index (χ2v) is 8.11. The molecular formula is C20H30N2S. The van der Waals surface area contributed by atoms with Crippen molar-refractivity contribution in [1.82, 2.24) is 4.90 Å². The standard InChI is InChI=1S/C20H30N2S/c1-15-12-16(2)19(17(3)13-15)14-23-20-21-10-7-11-22(20)18-8-5-4-6-9-18/h12-13,18H,4-11,14H2,1-3H3. The fraction of sp³-hybridized carbons (Fsp3) is 0.650. The Morgan fingerprint density at radius 3 is 2.43 bits per heavy atom. The maximum absolute atomic E-state index is 4.88. The second kappa shape index (κ2) is 7.74. The van der Waals surface area contributed by atoms with E-state index in [1.54, 1.807) is 0 Å². The lowest BCUT2D eigenvalue weighted by Crippen LogP contribution is -2.43. The summed E-state index contributed by atoms with van der Waals surface area (Å²) in [5.41, 5.74) is 5.72. The van der Waals surface area contributed by atoms with Crippen molar-refractivity contribution in [3.63, 3.8) is 0 Å². The molecule has 1 aliphatic heterocycles. The smallest absolute Gasteiger partial charge is 0.159 e. The van der Waals surface area contributed by atoms with Gasteiger partial charge in [0.25, 0.3) is 0 Å².